The summed E-state index contributed by atoms with van der Waals surface area (Å²) in [6.45, 7) is 6.26. The molecule has 3 nitrogen and oxygen atoms in total. The summed E-state index contributed by atoms with van der Waals surface area (Å²) in [4.78, 5) is 2.28. The van der Waals surface area contributed by atoms with E-state index in [1.54, 1.807) is 6.07 Å². The van der Waals surface area contributed by atoms with Crippen molar-refractivity contribution in [2.24, 2.45) is 0 Å². The highest BCUT2D eigenvalue weighted by atomic mass is 16.3. The summed E-state index contributed by atoms with van der Waals surface area (Å²) in [5.41, 5.74) is 1.06. The highest BCUT2D eigenvalue weighted by Crippen LogP contribution is 2.28. The van der Waals surface area contributed by atoms with Crippen LogP contribution in [-0.2, 0) is 5.54 Å². The van der Waals surface area contributed by atoms with Gasteiger partial charge in [0.2, 0.25) is 0 Å². The van der Waals surface area contributed by atoms with Crippen LogP contribution in [0.4, 0.5) is 0 Å². The molecule has 90 valence electrons. The zero-order valence-corrected chi connectivity index (χ0v) is 10.6. The lowest BCUT2D eigenvalue weighted by atomic mass is 9.92. The molecule has 0 amide bonds. The van der Waals surface area contributed by atoms with E-state index in [0.29, 0.717) is 5.75 Å². The molecule has 0 radical (unpaired) electrons. The first-order valence-corrected chi connectivity index (χ1v) is 5.64. The van der Waals surface area contributed by atoms with Crippen molar-refractivity contribution >= 4 is 0 Å². The Kier molecular flexibility index (Phi) is 4.33. The molecule has 0 saturated carbocycles. The predicted molar refractivity (Wildman–Crippen MR) is 67.7 cm³/mol. The van der Waals surface area contributed by atoms with E-state index in [-0.39, 0.29) is 5.54 Å². The van der Waals surface area contributed by atoms with Gasteiger partial charge in [-0.1, -0.05) is 12.1 Å². The topological polar surface area (TPSA) is 35.5 Å². The van der Waals surface area contributed by atoms with Gasteiger partial charge in [0.15, 0.2) is 0 Å². The van der Waals surface area contributed by atoms with Crippen LogP contribution in [0.25, 0.3) is 0 Å². The summed E-state index contributed by atoms with van der Waals surface area (Å²) in [6, 6.07) is 7.47. The molecular formula is C13H22N2O. The Morgan fingerprint density at radius 3 is 2.62 bits per heavy atom. The number of likely N-dealkylation sites (N-methyl/N-ethyl adjacent to an activating group) is 2. The van der Waals surface area contributed by atoms with E-state index in [4.69, 9.17) is 0 Å². The van der Waals surface area contributed by atoms with Gasteiger partial charge >= 0.3 is 0 Å². The smallest absolute Gasteiger partial charge is 0.115 e. The number of benzene rings is 1. The van der Waals surface area contributed by atoms with E-state index < -0.39 is 0 Å². The van der Waals surface area contributed by atoms with Crippen molar-refractivity contribution in [3.05, 3.63) is 29.8 Å². The van der Waals surface area contributed by atoms with Crippen LogP contribution >= 0.6 is 0 Å². The zero-order chi connectivity index (χ0) is 12.2. The third-order valence-corrected chi connectivity index (χ3v) is 3.20. The quantitative estimate of drug-likeness (QED) is 0.797. The van der Waals surface area contributed by atoms with E-state index in [9.17, 15) is 5.11 Å². The van der Waals surface area contributed by atoms with Crippen LogP contribution in [0, 0.1) is 0 Å². The molecule has 0 fully saturated rings. The summed E-state index contributed by atoms with van der Waals surface area (Å²) < 4.78 is 0. The molecule has 0 aliphatic heterocycles. The van der Waals surface area contributed by atoms with E-state index in [0.717, 1.165) is 18.7 Å². The maximum Gasteiger partial charge on any atom is 0.115 e. The number of aromatic hydroxyl groups is 1. The number of hydrogen-bond donors (Lipinski definition) is 2. The summed E-state index contributed by atoms with van der Waals surface area (Å²) in [5.74, 6) is 0.326. The fourth-order valence-electron chi connectivity index (χ4n) is 1.67. The first-order chi connectivity index (χ1) is 7.48. The highest BCUT2D eigenvalue weighted by molar-refractivity contribution is 5.31. The van der Waals surface area contributed by atoms with Crippen LogP contribution in [0.1, 0.15) is 19.4 Å². The lowest BCUT2D eigenvalue weighted by Crippen LogP contribution is -2.41. The van der Waals surface area contributed by atoms with Crippen molar-refractivity contribution in [2.45, 2.75) is 19.4 Å². The Morgan fingerprint density at radius 1 is 1.38 bits per heavy atom. The third kappa shape index (κ3) is 2.97. The van der Waals surface area contributed by atoms with Crippen LogP contribution in [0.5, 0.6) is 5.75 Å². The van der Waals surface area contributed by atoms with Gasteiger partial charge in [-0.05, 0) is 45.6 Å². The summed E-state index contributed by atoms with van der Waals surface area (Å²) in [5, 5.41) is 12.6. The van der Waals surface area contributed by atoms with Gasteiger partial charge in [0, 0.05) is 18.6 Å². The summed E-state index contributed by atoms with van der Waals surface area (Å²) in [7, 11) is 4.05. The molecule has 0 heterocycles. The van der Waals surface area contributed by atoms with Crippen LogP contribution in [0.15, 0.2) is 24.3 Å². The van der Waals surface area contributed by atoms with E-state index in [2.05, 4.69) is 37.2 Å². The molecule has 0 saturated heterocycles. The molecule has 0 atom stereocenters. The maximum atomic E-state index is 9.50. The van der Waals surface area contributed by atoms with E-state index in [1.165, 1.54) is 0 Å². The SMILES string of the molecule is CNCCN(C)C(C)(C)c1cccc(O)c1. The normalized spacial score (nSPS) is 12.1. The van der Waals surface area contributed by atoms with Crippen molar-refractivity contribution in [3.8, 4) is 5.75 Å². The Balaban J connectivity index is 2.83. The molecule has 0 spiro atoms. The molecule has 0 unspecified atom stereocenters. The number of nitrogens with zero attached hydrogens (tertiary/aromatic N) is 1. The van der Waals surface area contributed by atoms with Gasteiger partial charge < -0.3 is 10.4 Å². The molecule has 0 aliphatic carbocycles. The van der Waals surface area contributed by atoms with Crippen molar-refractivity contribution in [3.63, 3.8) is 0 Å². The maximum absolute atomic E-state index is 9.50. The molecule has 0 bridgehead atoms. The Bertz CT molecular complexity index is 336. The van der Waals surface area contributed by atoms with Gasteiger partial charge in [-0.2, -0.15) is 0 Å². The number of rotatable bonds is 5. The first-order valence-electron chi connectivity index (χ1n) is 5.64. The minimum atomic E-state index is -0.0738. The van der Waals surface area contributed by atoms with Gasteiger partial charge in [-0.15, -0.1) is 0 Å². The average Bonchev–Trinajstić information content (AvgIpc) is 2.25. The molecule has 3 heteroatoms. The molecule has 2 N–H and O–H groups in total. The van der Waals surface area contributed by atoms with Crippen molar-refractivity contribution in [2.75, 3.05) is 27.2 Å². The van der Waals surface area contributed by atoms with Crippen molar-refractivity contribution in [1.29, 1.82) is 0 Å². The first kappa shape index (κ1) is 13.0. The standard InChI is InChI=1S/C13H22N2O/c1-13(2,15(4)9-8-14-3)11-6-5-7-12(16)10-11/h5-7,10,14,16H,8-9H2,1-4H3. The third-order valence-electron chi connectivity index (χ3n) is 3.20. The Hall–Kier alpha value is -1.06. The lowest BCUT2D eigenvalue weighted by molar-refractivity contribution is 0.158. The van der Waals surface area contributed by atoms with Crippen LogP contribution in [-0.4, -0.2) is 37.2 Å². The van der Waals surface area contributed by atoms with Crippen LogP contribution in [0.2, 0.25) is 0 Å². The summed E-state index contributed by atoms with van der Waals surface area (Å²) >= 11 is 0. The zero-order valence-electron chi connectivity index (χ0n) is 10.6. The lowest BCUT2D eigenvalue weighted by Gasteiger charge is -2.36. The minimum absolute atomic E-state index is 0.0738. The Labute approximate surface area is 98.1 Å². The molecule has 1 rings (SSSR count). The van der Waals surface area contributed by atoms with Crippen molar-refractivity contribution < 1.29 is 5.11 Å². The Morgan fingerprint density at radius 2 is 2.06 bits per heavy atom. The second kappa shape index (κ2) is 5.32. The van der Waals surface area contributed by atoms with Gasteiger partial charge in [0.25, 0.3) is 0 Å². The molecular weight excluding hydrogens is 200 g/mol. The van der Waals surface area contributed by atoms with E-state index >= 15 is 0 Å². The number of phenols is 1. The molecule has 1 aromatic carbocycles. The molecule has 16 heavy (non-hydrogen) atoms. The number of nitrogens with one attached hydrogen (secondary N) is 1. The van der Waals surface area contributed by atoms with Gasteiger partial charge in [-0.3, -0.25) is 4.90 Å². The number of hydrogen-bond acceptors (Lipinski definition) is 3. The predicted octanol–water partition coefficient (Wildman–Crippen LogP) is 1.78. The van der Waals surface area contributed by atoms with E-state index in [1.807, 2.05) is 19.2 Å². The highest BCUT2D eigenvalue weighted by Gasteiger charge is 2.25. The van der Waals surface area contributed by atoms with Gasteiger partial charge in [0.05, 0.1) is 0 Å². The second-order valence-corrected chi connectivity index (χ2v) is 4.63. The van der Waals surface area contributed by atoms with Crippen LogP contribution in [0.3, 0.4) is 0 Å². The molecule has 1 aromatic rings. The fourth-order valence-corrected chi connectivity index (χ4v) is 1.67. The monoisotopic (exact) mass is 222 g/mol. The van der Waals surface area contributed by atoms with Crippen LogP contribution < -0.4 is 5.32 Å². The van der Waals surface area contributed by atoms with Crippen molar-refractivity contribution in [1.82, 2.24) is 10.2 Å². The largest absolute Gasteiger partial charge is 0.508 e. The molecule has 0 aliphatic rings. The second-order valence-electron chi connectivity index (χ2n) is 4.63. The van der Waals surface area contributed by atoms with Gasteiger partial charge in [-0.25, -0.2) is 0 Å². The summed E-state index contributed by atoms with van der Waals surface area (Å²) in [6.07, 6.45) is 0. The fraction of sp³-hybridized carbons (Fsp3) is 0.538. The average molecular weight is 222 g/mol. The molecule has 0 aromatic heterocycles. The minimum Gasteiger partial charge on any atom is -0.508 e. The van der Waals surface area contributed by atoms with Gasteiger partial charge in [0.1, 0.15) is 5.75 Å². The number of phenolic OH excluding ortho intramolecular Hbond substituents is 1.